The number of nitrogens with zero attached hydrogens (tertiary/aromatic N) is 1. The van der Waals surface area contributed by atoms with Crippen LogP contribution in [0.15, 0.2) is 41.3 Å². The van der Waals surface area contributed by atoms with Crippen LogP contribution in [-0.2, 0) is 6.42 Å². The predicted octanol–water partition coefficient (Wildman–Crippen LogP) is 4.41. The number of ether oxygens (including phenoxy) is 1. The van der Waals surface area contributed by atoms with Crippen LogP contribution in [-0.4, -0.2) is 34.0 Å². The summed E-state index contributed by atoms with van der Waals surface area (Å²) in [4.78, 5) is 24.5. The number of carboxylic acids is 1. The first-order chi connectivity index (χ1) is 14.3. The summed E-state index contributed by atoms with van der Waals surface area (Å²) in [6.45, 7) is 1.79. The van der Waals surface area contributed by atoms with Crippen LogP contribution < -0.4 is 10.2 Å². The van der Waals surface area contributed by atoms with Crippen LogP contribution in [0.5, 0.6) is 5.75 Å². The highest BCUT2D eigenvalue weighted by atomic mass is 127. The lowest BCUT2D eigenvalue weighted by Gasteiger charge is -2.20. The number of pyridine rings is 1. The Bertz CT molecular complexity index is 1180. The van der Waals surface area contributed by atoms with Crippen LogP contribution in [0.3, 0.4) is 0 Å². The van der Waals surface area contributed by atoms with Gasteiger partial charge in [0.15, 0.2) is 0 Å². The molecule has 0 fully saturated rings. The number of aromatic carboxylic acids is 1. The quantitative estimate of drug-likeness (QED) is 0.339. The van der Waals surface area contributed by atoms with Crippen molar-refractivity contribution < 1.29 is 24.1 Å². The lowest BCUT2D eigenvalue weighted by Crippen LogP contribution is -2.21. The van der Waals surface area contributed by atoms with Gasteiger partial charge in [-0.3, -0.25) is 4.79 Å². The van der Waals surface area contributed by atoms with E-state index >= 15 is 0 Å². The van der Waals surface area contributed by atoms with Gasteiger partial charge in [-0.05, 0) is 36.2 Å². The van der Waals surface area contributed by atoms with Gasteiger partial charge in [0.1, 0.15) is 21.2 Å². The number of carbonyl (C=O) groups is 1. The minimum absolute atomic E-state index is 0.00969. The molecule has 1 aromatic heterocycles. The highest BCUT2D eigenvalue weighted by molar-refractivity contribution is 14.1. The van der Waals surface area contributed by atoms with Gasteiger partial charge in [-0.15, -0.1) is 0 Å². The molecule has 2 N–H and O–H groups in total. The summed E-state index contributed by atoms with van der Waals surface area (Å²) in [5, 5.41) is 19.2. The molecule has 0 aliphatic rings. The van der Waals surface area contributed by atoms with Crippen molar-refractivity contribution in [3.05, 3.63) is 74.3 Å². The first kappa shape index (κ1) is 22.5. The molecule has 0 unspecified atom stereocenters. The summed E-state index contributed by atoms with van der Waals surface area (Å²) in [7, 11) is 0. The van der Waals surface area contributed by atoms with Crippen LogP contribution in [0, 0.1) is 5.82 Å². The average Bonchev–Trinajstić information content (AvgIpc) is 2.71. The largest absolute Gasteiger partial charge is 0.492 e. The Morgan fingerprint density at radius 2 is 2.10 bits per heavy atom. The Hall–Kier alpha value is -2.17. The van der Waals surface area contributed by atoms with E-state index in [9.17, 15) is 24.2 Å². The molecule has 0 saturated carbocycles. The van der Waals surface area contributed by atoms with E-state index in [2.05, 4.69) is 0 Å². The Kier molecular flexibility index (Phi) is 6.99. The van der Waals surface area contributed by atoms with Crippen molar-refractivity contribution in [2.24, 2.45) is 0 Å². The van der Waals surface area contributed by atoms with E-state index in [4.69, 9.17) is 16.3 Å². The van der Waals surface area contributed by atoms with Crippen molar-refractivity contribution in [2.45, 2.75) is 17.4 Å². The van der Waals surface area contributed by atoms with E-state index in [1.807, 2.05) is 22.6 Å². The number of aliphatic hydroxyl groups excluding tert-OH is 1. The number of aromatic nitrogens is 1. The predicted molar refractivity (Wildman–Crippen MR) is 121 cm³/mol. The summed E-state index contributed by atoms with van der Waals surface area (Å²) in [5.41, 5.74) is 0.167. The molecule has 3 aromatic rings. The number of hydrogen-bond donors (Lipinski definition) is 2. The fourth-order valence-electron chi connectivity index (χ4n) is 3.25. The molecule has 158 valence electrons. The topological polar surface area (TPSA) is 88.8 Å². The van der Waals surface area contributed by atoms with Crippen molar-refractivity contribution >= 4 is 51.1 Å². The lowest BCUT2D eigenvalue weighted by atomic mass is 10.0. The third-order valence-electron chi connectivity index (χ3n) is 4.56. The van der Waals surface area contributed by atoms with Crippen molar-refractivity contribution in [2.75, 3.05) is 13.2 Å². The zero-order chi connectivity index (χ0) is 22.0. The zero-order valence-electron chi connectivity index (χ0n) is 15.9. The number of hydrogen-bond acceptors (Lipinski definition) is 4. The number of aliphatic hydroxyl groups is 1. The summed E-state index contributed by atoms with van der Waals surface area (Å²) in [6.07, 6.45) is 1.34. The molecule has 0 aliphatic heterocycles. The molecule has 0 amide bonds. The van der Waals surface area contributed by atoms with Crippen LogP contribution in [0.1, 0.15) is 32.5 Å². The number of halogens is 3. The minimum Gasteiger partial charge on any atom is -0.492 e. The Labute approximate surface area is 190 Å². The van der Waals surface area contributed by atoms with Gasteiger partial charge in [0.2, 0.25) is 5.43 Å². The Balaban J connectivity index is 2.32. The van der Waals surface area contributed by atoms with Crippen LogP contribution in [0.25, 0.3) is 10.9 Å². The van der Waals surface area contributed by atoms with Gasteiger partial charge in [0.25, 0.3) is 0 Å². The second kappa shape index (κ2) is 9.32. The summed E-state index contributed by atoms with van der Waals surface area (Å²) < 4.78 is 21.1. The summed E-state index contributed by atoms with van der Waals surface area (Å²) in [6, 6.07) is 7.88. The smallest absolute Gasteiger partial charge is 0.341 e. The third-order valence-corrected chi connectivity index (χ3v) is 5.85. The second-order valence-electron chi connectivity index (χ2n) is 6.51. The molecule has 0 radical (unpaired) electrons. The van der Waals surface area contributed by atoms with E-state index < -0.39 is 26.8 Å². The fourth-order valence-corrected chi connectivity index (χ4v) is 3.88. The molecule has 1 atom stereocenters. The van der Waals surface area contributed by atoms with Crippen LogP contribution >= 0.6 is 34.2 Å². The Morgan fingerprint density at radius 3 is 2.73 bits per heavy atom. The van der Waals surface area contributed by atoms with E-state index in [0.29, 0.717) is 29.0 Å². The third kappa shape index (κ3) is 4.30. The summed E-state index contributed by atoms with van der Waals surface area (Å²) >= 11 is 7.82. The molecule has 9 heteroatoms. The molecule has 0 bridgehead atoms. The number of alkyl halides is 1. The Morgan fingerprint density at radius 1 is 1.37 bits per heavy atom. The zero-order valence-corrected chi connectivity index (χ0v) is 18.8. The number of fused-ring (bicyclic) bond motifs is 1. The van der Waals surface area contributed by atoms with Crippen molar-refractivity contribution in [1.82, 2.24) is 4.57 Å². The second-order valence-corrected chi connectivity index (χ2v) is 8.36. The van der Waals surface area contributed by atoms with Gasteiger partial charge < -0.3 is 19.5 Å². The van der Waals surface area contributed by atoms with Gasteiger partial charge in [-0.25, -0.2) is 9.18 Å². The van der Waals surface area contributed by atoms with Gasteiger partial charge in [-0.1, -0.05) is 46.3 Å². The molecular formula is C21H18ClFINO5. The molecule has 30 heavy (non-hydrogen) atoms. The van der Waals surface area contributed by atoms with Crippen LogP contribution in [0.2, 0.25) is 5.02 Å². The van der Waals surface area contributed by atoms with E-state index in [-0.39, 0.29) is 23.4 Å². The SMILES string of the molecule is CCOc1cc(Cc2cccc(Cl)c2F)cc2c(=O)c(C(=O)O)cn([C@@H](I)CO)c12. The maximum atomic E-state index is 14.4. The molecule has 0 aliphatic carbocycles. The first-order valence-corrected chi connectivity index (χ1v) is 10.7. The van der Waals surface area contributed by atoms with Gasteiger partial charge >= 0.3 is 5.97 Å². The molecule has 0 saturated heterocycles. The molecule has 2 aromatic carbocycles. The van der Waals surface area contributed by atoms with Gasteiger partial charge in [0, 0.05) is 12.6 Å². The number of benzene rings is 2. The normalized spacial score (nSPS) is 12.2. The molecular weight excluding hydrogens is 528 g/mol. The maximum Gasteiger partial charge on any atom is 0.341 e. The molecule has 1 heterocycles. The lowest BCUT2D eigenvalue weighted by molar-refractivity contribution is 0.0694. The fraction of sp³-hybridized carbons (Fsp3) is 0.238. The van der Waals surface area contributed by atoms with Gasteiger partial charge in [0.05, 0.1) is 29.1 Å². The van der Waals surface area contributed by atoms with Crippen LogP contribution in [0.4, 0.5) is 4.39 Å². The van der Waals surface area contributed by atoms with E-state index in [1.54, 1.807) is 25.1 Å². The number of rotatable bonds is 7. The van der Waals surface area contributed by atoms with Crippen molar-refractivity contribution in [1.29, 1.82) is 0 Å². The highest BCUT2D eigenvalue weighted by Crippen LogP contribution is 2.32. The first-order valence-electron chi connectivity index (χ1n) is 9.04. The van der Waals surface area contributed by atoms with E-state index in [1.165, 1.54) is 22.9 Å². The molecule has 0 spiro atoms. The number of carboxylic acid groups (broad SMARTS) is 1. The van der Waals surface area contributed by atoms with Crippen molar-refractivity contribution in [3.63, 3.8) is 0 Å². The summed E-state index contributed by atoms with van der Waals surface area (Å²) in [5.74, 6) is -1.58. The average molecular weight is 546 g/mol. The minimum atomic E-state index is -1.37. The monoisotopic (exact) mass is 545 g/mol. The maximum absolute atomic E-state index is 14.4. The molecule has 3 rings (SSSR count). The molecule has 6 nitrogen and oxygen atoms in total. The highest BCUT2D eigenvalue weighted by Gasteiger charge is 2.21. The van der Waals surface area contributed by atoms with Gasteiger partial charge in [-0.2, -0.15) is 0 Å². The van der Waals surface area contributed by atoms with E-state index in [0.717, 1.165) is 0 Å². The standard InChI is InChI=1S/C21H18ClFINO5/c1-2-30-16-8-11(6-12-4-3-5-15(22)18(12)23)7-13-19(16)25(17(24)10-26)9-14(20(13)27)21(28)29/h3-5,7-9,17,26H,2,6,10H2,1H3,(H,28,29)/t17-/m1/s1. The van der Waals surface area contributed by atoms with Crippen molar-refractivity contribution in [3.8, 4) is 5.75 Å².